The van der Waals surface area contributed by atoms with Crippen molar-refractivity contribution in [3.63, 3.8) is 0 Å². The Kier molecular flexibility index (Phi) is 45.4. The first kappa shape index (κ1) is 73.4. The Balaban J connectivity index is 0. The predicted molar refractivity (Wildman–Crippen MR) is 305 cm³/mol. The van der Waals surface area contributed by atoms with Crippen molar-refractivity contribution in [1.82, 2.24) is 0 Å². The van der Waals surface area contributed by atoms with E-state index in [9.17, 15) is 9.59 Å². The molecule has 0 radical (unpaired) electrons. The third kappa shape index (κ3) is 30.7. The van der Waals surface area contributed by atoms with Gasteiger partial charge in [-0.2, -0.15) is 0 Å². The van der Waals surface area contributed by atoms with Crippen LogP contribution < -0.4 is 76.8 Å². The van der Waals surface area contributed by atoms with Crippen LogP contribution in [0.15, 0.2) is 170 Å². The average Bonchev–Trinajstić information content (AvgIpc) is 4.04. The summed E-state index contributed by atoms with van der Waals surface area (Å²) in [5, 5.41) is 10.2. The third-order valence-electron chi connectivity index (χ3n) is 10.1. The molecule has 0 bridgehead atoms. The molecule has 0 spiro atoms. The molecule has 2 N–H and O–H groups in total. The molecule has 0 unspecified atom stereocenters. The number of alkyl halides is 1. The number of phenols is 1. The molecule has 406 valence electrons. The van der Waals surface area contributed by atoms with Gasteiger partial charge in [-0.15, -0.1) is 0 Å². The van der Waals surface area contributed by atoms with Gasteiger partial charge in [-0.1, -0.05) is 36.4 Å². The van der Waals surface area contributed by atoms with Crippen LogP contribution in [0.5, 0.6) is 17.2 Å². The number of halogens is 2. The SMILES string of the molecule is C1CCOC1.C=Cc1ccc(OCOCCOC)cc1.COCCOCCl.COCCOCOc1ccc(C=O)cc1.CP(Br)(c1ccccc1)(c1ccccc1)c1ccccc1.O=Cc1ccc(O)cc1.[CH3-].[K+].[OH-]. The number of phenolic OH excluding ortho intramolecular Hbond substituents is 1. The topological polar surface area (TPSA) is 167 Å². The maximum absolute atomic E-state index is 10.4. The summed E-state index contributed by atoms with van der Waals surface area (Å²) in [7, 11) is 4.87. The molecule has 0 amide bonds. The van der Waals surface area contributed by atoms with Crippen LogP contribution in [0.3, 0.4) is 0 Å². The summed E-state index contributed by atoms with van der Waals surface area (Å²) >= 11 is 9.40. The van der Waals surface area contributed by atoms with Gasteiger partial charge in [-0.05, 0) is 79.1 Å². The Bertz CT molecular complexity index is 2090. The first-order chi connectivity index (χ1) is 35.1. The molecular weight excluding hydrogens is 1090 g/mol. The second kappa shape index (κ2) is 46.4. The van der Waals surface area contributed by atoms with Gasteiger partial charge in [0.2, 0.25) is 0 Å². The molecule has 7 rings (SSSR count). The van der Waals surface area contributed by atoms with Crippen molar-refractivity contribution in [1.29, 1.82) is 0 Å². The fourth-order valence-electron chi connectivity index (χ4n) is 6.02. The van der Waals surface area contributed by atoms with Crippen LogP contribution in [0, 0.1) is 7.43 Å². The molecule has 0 aromatic heterocycles. The standard InChI is InChI=1S/C19H18BrP.C12H16O3.C11H14O4.C7H6O2.C4H9ClO2.C4H8O.CH3.K.H2O/c1-21(20,17-11-5-2-6-12-17,18-13-7-3-8-14-18)19-15-9-4-10-16-19;1-3-11-4-6-12(7-5-11)15-10-14-9-8-13-2;1-13-6-7-14-9-15-11-4-2-10(8-12)3-5-11;8-5-6-1-3-7(9)4-2-6;1-6-2-3-7-4-5;1-2-4-5-3-1;;;/h2-16H,1H3;3-7H,1,8-10H2,2H3;2-5,8H,6-7,9H2,1H3;1-5,9H;2-4H2,1H3;1-4H2;1H3;;1H2/q;;;;;;-1;+1;/p-1. The van der Waals surface area contributed by atoms with E-state index in [-0.39, 0.29) is 89.7 Å². The molecule has 6 aromatic rings. The van der Waals surface area contributed by atoms with E-state index in [4.69, 9.17) is 54.6 Å². The number of benzene rings is 6. The molecule has 13 nitrogen and oxygen atoms in total. The zero-order valence-corrected chi connectivity index (χ0v) is 50.7. The van der Waals surface area contributed by atoms with Crippen LogP contribution >= 0.6 is 32.4 Å². The van der Waals surface area contributed by atoms with E-state index >= 15 is 0 Å². The zero-order valence-electron chi connectivity index (χ0n) is 44.3. The van der Waals surface area contributed by atoms with Crippen LogP contribution in [0.2, 0.25) is 0 Å². The first-order valence-corrected chi connectivity index (χ1v) is 28.3. The Labute approximate surface area is 501 Å². The Hall–Kier alpha value is -3.68. The number of hydrogen-bond donors (Lipinski definition) is 1. The summed E-state index contributed by atoms with van der Waals surface area (Å²) in [6.07, 6.45) is 5.87. The van der Waals surface area contributed by atoms with Crippen LogP contribution in [0.4, 0.5) is 0 Å². The summed E-state index contributed by atoms with van der Waals surface area (Å²) < 4.78 is 44.8. The first-order valence-electron chi connectivity index (χ1n) is 23.1. The summed E-state index contributed by atoms with van der Waals surface area (Å²) in [4.78, 5) is 20.4. The smallest absolute Gasteiger partial charge is 0.870 e. The monoisotopic (exact) mass is 1160 g/mol. The fourth-order valence-corrected chi connectivity index (χ4v) is 11.8. The number of aldehydes is 2. The van der Waals surface area contributed by atoms with Crippen LogP contribution in [-0.4, -0.2) is 124 Å². The molecule has 1 heterocycles. The summed E-state index contributed by atoms with van der Waals surface area (Å²) in [6.45, 7) is 11.9. The van der Waals surface area contributed by atoms with Crippen LogP contribution in [-0.2, 0) is 33.2 Å². The molecule has 1 saturated heterocycles. The normalized spacial score (nSPS) is 11.3. The van der Waals surface area contributed by atoms with Gasteiger partial charge in [-0.25, -0.2) is 0 Å². The van der Waals surface area contributed by atoms with Gasteiger partial charge in [0.15, 0.2) is 13.6 Å². The van der Waals surface area contributed by atoms with Gasteiger partial charge in [0, 0.05) is 45.7 Å². The number of carbonyl (C=O) groups excluding carboxylic acids is 2. The van der Waals surface area contributed by atoms with E-state index in [1.165, 1.54) is 40.9 Å². The molecule has 0 saturated carbocycles. The number of aromatic hydroxyl groups is 1. The number of hydrogen-bond acceptors (Lipinski definition) is 13. The van der Waals surface area contributed by atoms with Gasteiger partial charge in [-0.3, -0.25) is 9.59 Å². The molecule has 17 heteroatoms. The molecule has 1 aliphatic rings. The Morgan fingerprint density at radius 2 is 0.893 bits per heavy atom. The van der Waals surface area contributed by atoms with Crippen LogP contribution in [0.1, 0.15) is 39.1 Å². The fraction of sp³-hybridized carbons (Fsp3) is 0.293. The second-order valence-electron chi connectivity index (χ2n) is 15.3. The molecule has 0 aliphatic carbocycles. The van der Waals surface area contributed by atoms with E-state index in [1.54, 1.807) is 63.8 Å². The van der Waals surface area contributed by atoms with E-state index < -0.39 is 5.31 Å². The maximum Gasteiger partial charge on any atom is 1.00 e. The van der Waals surface area contributed by atoms with E-state index in [0.717, 1.165) is 37.1 Å². The van der Waals surface area contributed by atoms with E-state index in [0.29, 0.717) is 56.5 Å². The van der Waals surface area contributed by atoms with Gasteiger partial charge in [0.1, 0.15) is 35.9 Å². The summed E-state index contributed by atoms with van der Waals surface area (Å²) in [5.41, 5.74) is 2.28. The van der Waals surface area contributed by atoms with Crippen molar-refractivity contribution in [3.8, 4) is 17.2 Å². The van der Waals surface area contributed by atoms with Crippen molar-refractivity contribution in [2.24, 2.45) is 0 Å². The van der Waals surface area contributed by atoms with Crippen molar-refractivity contribution in [2.75, 3.05) is 101 Å². The number of ether oxygens (including phenoxy) is 9. The third-order valence-corrected chi connectivity index (χ3v) is 18.5. The Morgan fingerprint density at radius 1 is 0.560 bits per heavy atom. The second-order valence-corrected chi connectivity index (χ2v) is 25.2. The maximum atomic E-state index is 10.4. The van der Waals surface area contributed by atoms with Crippen molar-refractivity contribution < 1.29 is 114 Å². The van der Waals surface area contributed by atoms with Gasteiger partial charge < -0.3 is 60.6 Å². The zero-order chi connectivity index (χ0) is 52.4. The van der Waals surface area contributed by atoms with Gasteiger partial charge in [0.05, 0.1) is 39.6 Å². The number of carbonyl (C=O) groups is 2. The van der Waals surface area contributed by atoms with Crippen molar-refractivity contribution in [3.05, 3.63) is 194 Å². The Morgan fingerprint density at radius 3 is 1.19 bits per heavy atom. The van der Waals surface area contributed by atoms with E-state index in [1.807, 2.05) is 24.3 Å². The van der Waals surface area contributed by atoms with Gasteiger partial charge in [0.25, 0.3) is 0 Å². The molecule has 6 aromatic carbocycles. The minimum absolute atomic E-state index is 0. The number of methoxy groups -OCH3 is 3. The molecule has 0 atom stereocenters. The average molecular weight is 1170 g/mol. The van der Waals surface area contributed by atoms with Crippen molar-refractivity contribution >= 4 is 67.0 Å². The molecule has 1 fully saturated rings. The van der Waals surface area contributed by atoms with Gasteiger partial charge >= 0.3 is 186 Å². The molecular formula is C58H75BrClKO13P-. The van der Waals surface area contributed by atoms with Crippen molar-refractivity contribution in [2.45, 2.75) is 12.8 Å². The minimum Gasteiger partial charge on any atom is -0.870 e. The predicted octanol–water partition coefficient (Wildman–Crippen LogP) is 8.41. The van der Waals surface area contributed by atoms with Crippen LogP contribution in [0.25, 0.3) is 6.08 Å². The molecule has 1 aliphatic heterocycles. The summed E-state index contributed by atoms with van der Waals surface area (Å²) in [6, 6.07) is 53.1. The largest absolute Gasteiger partial charge is 1.00 e. The van der Waals surface area contributed by atoms with E-state index in [2.05, 4.69) is 124 Å². The quantitative estimate of drug-likeness (QED) is 0.0131. The molecule has 75 heavy (non-hydrogen) atoms. The number of rotatable bonds is 22. The minimum atomic E-state index is -2.56. The summed E-state index contributed by atoms with van der Waals surface area (Å²) in [5.74, 6) is 1.65.